The summed E-state index contributed by atoms with van der Waals surface area (Å²) >= 11 is 19.8. The number of carbonyl (C=O) groups is 4. The lowest BCUT2D eigenvalue weighted by Crippen LogP contribution is -2.49. The average Bonchev–Trinajstić information content (AvgIpc) is 1.58. The predicted octanol–water partition coefficient (Wildman–Crippen LogP) is 18.6. The lowest BCUT2D eigenvalue weighted by Gasteiger charge is -2.34. The van der Waals surface area contributed by atoms with Crippen LogP contribution in [-0.4, -0.2) is 147 Å². The van der Waals surface area contributed by atoms with Gasteiger partial charge in [-0.05, 0) is 291 Å². The Hall–Kier alpha value is -9.33. The van der Waals surface area contributed by atoms with Gasteiger partial charge in [0.1, 0.15) is 48.1 Å². The second-order valence-corrected chi connectivity index (χ2v) is 43.6. The van der Waals surface area contributed by atoms with E-state index in [0.717, 1.165) is 39.5 Å². The number of nitrogens with one attached hydrogen (secondary N) is 2. The number of esters is 1. The molecule has 12 heterocycles. The zero-order valence-corrected chi connectivity index (χ0v) is 84.9. The number of hydrogen-bond donors (Lipinski definition) is 5. The molecule has 7 aliphatic carbocycles. The first-order valence-electron chi connectivity index (χ1n) is 43.5. The SMILES string of the molecule is CC(C)(C)OC(=O)CC1=N[C@@](C)(c2cc(Br)cnc2F)[C@@H]2CC2O1.CC(C)(C)OC(=O)N(C(=O)c1ccccc1)C1=N[C@@](C)(c2cc(Br)cnc2F)[C@@H]2CC2O1.CC1=NOC2CC12.C[C@@]1(c2cc(Br)cnc2F)N=C(NC(=O)c2ccccc2)OC2C[C@H]21.C[C@@]1(c2cc(Br)cnc2F)NOC2C[C@H]21.C[C@](N)(c1cc(Br)cnc1F)[C@@H]1CC1O.C[C@]1(c2cc(Br)cnc2F)N=C(N)OC2C[C@@H]21. The number of nitrogens with two attached hydrogens (primary N) is 2. The van der Waals surface area contributed by atoms with Gasteiger partial charge in [0.25, 0.3) is 23.9 Å². The molecule has 3 amide bonds. The summed E-state index contributed by atoms with van der Waals surface area (Å²) in [5.74, 6) is -3.11. The predicted molar refractivity (Wildman–Crippen MR) is 505 cm³/mol. The maximum Gasteiger partial charge on any atom is 0.425 e. The number of hydrogen-bond acceptors (Lipinski definition) is 27. The van der Waals surface area contributed by atoms with Gasteiger partial charge in [0.2, 0.25) is 35.7 Å². The molecule has 1 saturated heterocycles. The van der Waals surface area contributed by atoms with Crippen LogP contribution in [0.25, 0.3) is 0 Å². The smallest absolute Gasteiger partial charge is 0.425 e. The summed E-state index contributed by atoms with van der Waals surface area (Å²) < 4.78 is 122. The normalized spacial score (nSPS) is 29.8. The molecule has 8 unspecified atom stereocenters. The highest BCUT2D eigenvalue weighted by Crippen LogP contribution is 2.59. The van der Waals surface area contributed by atoms with Gasteiger partial charge in [0, 0.05) is 155 Å². The number of carbonyl (C=O) groups excluding carboxylic acids is 4. The van der Waals surface area contributed by atoms with E-state index in [2.05, 4.69) is 161 Å². The number of benzene rings is 2. The molecule has 8 aromatic rings. The van der Waals surface area contributed by atoms with Crippen LogP contribution in [0, 0.1) is 77.1 Å². The molecule has 135 heavy (non-hydrogen) atoms. The largest absolute Gasteiger partial charge is 0.477 e. The summed E-state index contributed by atoms with van der Waals surface area (Å²) in [6.45, 7) is 23.6. The minimum absolute atomic E-state index is 0.0386. The van der Waals surface area contributed by atoms with E-state index in [1.54, 1.807) is 146 Å². The Morgan fingerprint density at radius 1 is 0.504 bits per heavy atom. The average molecular weight is 2250 g/mol. The number of aliphatic hydroxyl groups excluding tert-OH is 1. The molecule has 6 aromatic heterocycles. The fraction of sp³-hybridized carbons (Fsp3) is 0.457. The lowest BCUT2D eigenvalue weighted by atomic mass is 9.87. The molecular weight excluding hydrogens is 2150 g/mol. The summed E-state index contributed by atoms with van der Waals surface area (Å²) in [4.78, 5) is 102. The number of oxime groups is 1. The van der Waals surface area contributed by atoms with Crippen molar-refractivity contribution < 1.29 is 88.7 Å². The van der Waals surface area contributed by atoms with Crippen LogP contribution >= 0.6 is 95.6 Å². The number of aliphatic hydroxyl groups is 1. The van der Waals surface area contributed by atoms with E-state index in [4.69, 9.17) is 49.6 Å². The zero-order valence-electron chi connectivity index (χ0n) is 75.3. The number of nitrogens with zero attached hydrogens (tertiary/aromatic N) is 12. The maximum atomic E-state index is 14.7. The van der Waals surface area contributed by atoms with E-state index in [1.807, 2.05) is 40.7 Å². The van der Waals surface area contributed by atoms with Crippen molar-refractivity contribution in [3.05, 3.63) is 241 Å². The van der Waals surface area contributed by atoms with Gasteiger partial charge in [0.15, 0.2) is 5.90 Å². The van der Waals surface area contributed by atoms with Crippen molar-refractivity contribution in [3.63, 3.8) is 0 Å². The Bertz CT molecular complexity index is 6100. The van der Waals surface area contributed by atoms with Crippen molar-refractivity contribution in [1.29, 1.82) is 0 Å². The number of halogens is 12. The Labute approximate surface area is 825 Å². The van der Waals surface area contributed by atoms with Gasteiger partial charge in [-0.15, -0.1) is 0 Å². The van der Waals surface area contributed by atoms with Crippen molar-refractivity contribution in [1.82, 2.24) is 45.6 Å². The minimum atomic E-state index is -1.07. The Morgan fingerprint density at radius 3 is 1.33 bits per heavy atom. The number of imide groups is 1. The molecule has 0 radical (unpaired) electrons. The van der Waals surface area contributed by atoms with Gasteiger partial charge in [-0.2, -0.15) is 36.7 Å². The fourth-order valence-corrected chi connectivity index (χ4v) is 19.4. The van der Waals surface area contributed by atoms with E-state index in [9.17, 15) is 50.6 Å². The van der Waals surface area contributed by atoms with Gasteiger partial charge >= 0.3 is 18.1 Å². The van der Waals surface area contributed by atoms with Gasteiger partial charge in [-0.3, -0.25) is 24.5 Å². The highest BCUT2D eigenvalue weighted by Gasteiger charge is 2.64. The van der Waals surface area contributed by atoms with Crippen LogP contribution in [0.3, 0.4) is 0 Å². The minimum Gasteiger partial charge on any atom is -0.477 e. The number of rotatable bonds is 11. The third-order valence-electron chi connectivity index (χ3n) is 25.4. The standard InChI is InChI=1S/C23H23BrFN3O4.C18H15BrFN3O2.C17H20BrFN2O3.C11H11BrFN3O.C10H10BrFN2O.C10H12BrFN2O.C5H7NO/c1-22(2,3)32-21(30)28(19(29)13-8-6-5-7-9-13)20-27-23(4,15-11-17(15)31-20)16-10-14(24)12-26-18(16)25;1-18(13-7-11(19)9-21-15(13)20)12-8-14(12)25-17(23-18)22-16(24)10-5-3-2-4-6-10;1-16(2,3)24-14(22)7-13-21-17(4,10-6-12(10)23-13)11-5-9(18)8-20-15(11)19;1-11(6-3-8(6)17-10(14)16-11)7-2-5(12)4-15-9(7)13;1-10(6-3-8(6)15-14-10)7-2-5(11)4-13-9(7)12;1-10(13,6-3-8(6)15)7-2-5(11)4-14-9(7)12;1-3-4-2-5(4)7-6-3/h5-10,12,15,17H,11H2,1-4H3;2-7,9,12,14H,8H2,1H3,(H,22,23,24);5,8,10,12H,6-7H2,1-4H3;2,4,6,8H,3H2,1H3,(H2,14,16);2,4,6,8,14H,3H2,1H3;2,4,6,8,15H,3,13H2,1H3;4-5H,2H2,1H3/t15-,17?,23-;12-,14?,18-;10-,12?,17-;6-,8?,11-;2*6-,8?,10-;/m111011./s1. The summed E-state index contributed by atoms with van der Waals surface area (Å²) in [6.07, 6.45) is 13.3. The second-order valence-electron chi connectivity index (χ2n) is 38.1. The first-order chi connectivity index (χ1) is 63.5. The molecule has 0 bridgehead atoms. The van der Waals surface area contributed by atoms with E-state index < -0.39 is 104 Å². The number of amidine groups is 3. The summed E-state index contributed by atoms with van der Waals surface area (Å²) in [7, 11) is 0. The molecule has 41 heteroatoms. The molecule has 7 saturated carbocycles. The first-order valence-corrected chi connectivity index (χ1v) is 48.2. The molecule has 2 aromatic carbocycles. The molecular formula is C94H98Br6F6N16O13. The van der Waals surface area contributed by atoms with Crippen LogP contribution in [-0.2, 0) is 76.1 Å². The van der Waals surface area contributed by atoms with Crippen LogP contribution in [0.5, 0.6) is 0 Å². The van der Waals surface area contributed by atoms with Crippen molar-refractivity contribution >= 4 is 149 Å². The zero-order chi connectivity index (χ0) is 97.5. The quantitative estimate of drug-likeness (QED) is 0.0456. The fourth-order valence-electron chi connectivity index (χ4n) is 17.4. The van der Waals surface area contributed by atoms with Crippen molar-refractivity contribution in [2.45, 2.75) is 229 Å². The maximum absolute atomic E-state index is 14.7. The molecule has 21 rings (SSSR count). The van der Waals surface area contributed by atoms with Gasteiger partial charge < -0.3 is 49.8 Å². The molecule has 7 N–H and O–H groups in total. The number of ether oxygens (including phenoxy) is 6. The van der Waals surface area contributed by atoms with Gasteiger partial charge in [-0.25, -0.2) is 54.7 Å². The van der Waals surface area contributed by atoms with Crippen molar-refractivity contribution in [3.8, 4) is 0 Å². The summed E-state index contributed by atoms with van der Waals surface area (Å²) in [5.41, 5.74) is 12.9. The summed E-state index contributed by atoms with van der Waals surface area (Å²) in [5, 5.41) is 15.8. The number of pyridine rings is 6. The first kappa shape index (κ1) is 100. The summed E-state index contributed by atoms with van der Waals surface area (Å²) in [6, 6.07) is 27.2. The Kier molecular flexibility index (Phi) is 28.8. The molecule has 29 nitrogen and oxygen atoms in total. The highest BCUT2D eigenvalue weighted by atomic mass is 79.9. The number of aliphatic imine (C=N–C) groups is 4. The lowest BCUT2D eigenvalue weighted by molar-refractivity contribution is -0.153. The molecule has 8 fully saturated rings. The number of aromatic nitrogens is 6. The van der Waals surface area contributed by atoms with E-state index in [-0.39, 0.29) is 102 Å². The van der Waals surface area contributed by atoms with Crippen LogP contribution in [0.2, 0.25) is 0 Å². The number of fused-ring (bicyclic) bond motifs is 6. The third-order valence-corrected chi connectivity index (χ3v) is 28.0. The molecule has 20 atom stereocenters. The second kappa shape index (κ2) is 38.8. The van der Waals surface area contributed by atoms with Crippen LogP contribution in [0.1, 0.15) is 195 Å². The van der Waals surface area contributed by atoms with Crippen LogP contribution in [0.4, 0.5) is 31.1 Å². The number of amides is 3. The van der Waals surface area contributed by atoms with E-state index in [1.165, 1.54) is 49.3 Å². The van der Waals surface area contributed by atoms with Crippen LogP contribution < -0.4 is 22.3 Å². The van der Waals surface area contributed by atoms with E-state index >= 15 is 0 Å². The Morgan fingerprint density at radius 2 is 0.911 bits per heavy atom. The molecule has 716 valence electrons. The molecule has 6 aliphatic heterocycles. The van der Waals surface area contributed by atoms with Crippen LogP contribution in [0.15, 0.2) is 186 Å². The Balaban J connectivity index is 0.000000124. The third kappa shape index (κ3) is 22.7. The number of hydroxylamine groups is 1. The van der Waals surface area contributed by atoms with Crippen molar-refractivity contribution in [2.75, 3.05) is 0 Å². The molecule has 13 aliphatic rings. The topological polar surface area (TPSA) is 381 Å². The van der Waals surface area contributed by atoms with Crippen molar-refractivity contribution in [2.24, 2.45) is 78.0 Å². The molecule has 0 spiro atoms. The highest BCUT2D eigenvalue weighted by molar-refractivity contribution is 9.11. The van der Waals surface area contributed by atoms with Gasteiger partial charge in [0.05, 0.1) is 45.6 Å². The monoisotopic (exact) mass is 2250 g/mol. The van der Waals surface area contributed by atoms with E-state index in [0.29, 0.717) is 88.0 Å². The van der Waals surface area contributed by atoms with Gasteiger partial charge in [-0.1, -0.05) is 41.6 Å².